The zero-order valence-electron chi connectivity index (χ0n) is 19.2. The van der Waals surface area contributed by atoms with Crippen LogP contribution >= 0.6 is 0 Å². The zero-order chi connectivity index (χ0) is 25.2. The lowest BCUT2D eigenvalue weighted by Crippen LogP contribution is -2.32. The van der Waals surface area contributed by atoms with Gasteiger partial charge >= 0.3 is 17.8 Å². The number of carbonyl (C=O) groups excluding carboxylic acids is 3. The summed E-state index contributed by atoms with van der Waals surface area (Å²) in [6.07, 6.45) is 1.34. The number of hydrogen-bond acceptors (Lipinski definition) is 8. The van der Waals surface area contributed by atoms with E-state index in [1.54, 1.807) is 60.7 Å². The Morgan fingerprint density at radius 2 is 1.37 bits per heavy atom. The number of anilines is 1. The molecule has 3 aromatic rings. The molecule has 10 heteroatoms. The molecule has 10 nitrogen and oxygen atoms in total. The summed E-state index contributed by atoms with van der Waals surface area (Å²) < 4.78 is 20.7. The molecular formula is C25H23N3O7. The van der Waals surface area contributed by atoms with Crippen LogP contribution in [-0.4, -0.2) is 45.3 Å². The Labute approximate surface area is 201 Å². The van der Waals surface area contributed by atoms with Crippen molar-refractivity contribution < 1.29 is 33.3 Å². The quantitative estimate of drug-likeness (QED) is 0.168. The molecule has 2 N–H and O–H groups in total. The second-order valence-electron chi connectivity index (χ2n) is 6.91. The molecule has 0 saturated carbocycles. The van der Waals surface area contributed by atoms with Gasteiger partial charge in [0.1, 0.15) is 23.0 Å². The fourth-order valence-electron chi connectivity index (χ4n) is 2.82. The lowest BCUT2D eigenvalue weighted by atomic mass is 10.2. The van der Waals surface area contributed by atoms with Crippen LogP contribution < -0.4 is 29.7 Å². The van der Waals surface area contributed by atoms with Crippen molar-refractivity contribution in [2.75, 3.05) is 26.6 Å². The number of methoxy groups -OCH3 is 3. The minimum absolute atomic E-state index is 0.274. The van der Waals surface area contributed by atoms with Crippen molar-refractivity contribution in [3.8, 4) is 23.0 Å². The number of ether oxygens (including phenoxy) is 4. The van der Waals surface area contributed by atoms with E-state index in [0.717, 1.165) is 0 Å². The van der Waals surface area contributed by atoms with Crippen LogP contribution in [0.1, 0.15) is 15.9 Å². The van der Waals surface area contributed by atoms with E-state index >= 15 is 0 Å². The second kappa shape index (κ2) is 11.8. The number of carbonyl (C=O) groups is 3. The Bertz CT molecular complexity index is 1220. The first kappa shape index (κ1) is 24.8. The van der Waals surface area contributed by atoms with Gasteiger partial charge in [-0.25, -0.2) is 10.2 Å². The largest absolute Gasteiger partial charge is 0.497 e. The summed E-state index contributed by atoms with van der Waals surface area (Å²) >= 11 is 0. The Hall–Kier alpha value is -4.86. The molecule has 2 amide bonds. The molecule has 3 aromatic carbocycles. The van der Waals surface area contributed by atoms with Gasteiger partial charge in [-0.1, -0.05) is 0 Å². The number of esters is 1. The molecule has 0 aliphatic rings. The average molecular weight is 477 g/mol. The van der Waals surface area contributed by atoms with Gasteiger partial charge in [-0.05, 0) is 66.2 Å². The molecule has 0 spiro atoms. The van der Waals surface area contributed by atoms with Gasteiger partial charge in [-0.2, -0.15) is 5.10 Å². The maximum Gasteiger partial charge on any atom is 0.343 e. The highest BCUT2D eigenvalue weighted by molar-refractivity contribution is 6.39. The van der Waals surface area contributed by atoms with Crippen molar-refractivity contribution in [1.82, 2.24) is 5.43 Å². The van der Waals surface area contributed by atoms with Crippen molar-refractivity contribution >= 4 is 29.7 Å². The van der Waals surface area contributed by atoms with E-state index in [9.17, 15) is 14.4 Å². The highest BCUT2D eigenvalue weighted by Crippen LogP contribution is 2.28. The van der Waals surface area contributed by atoms with Gasteiger partial charge < -0.3 is 24.3 Å². The number of nitrogens with one attached hydrogen (secondary N) is 2. The Morgan fingerprint density at radius 3 is 2.00 bits per heavy atom. The SMILES string of the molecule is COc1ccc(C(=O)Oc2ccc(/C=N/NC(=O)C(=O)Nc3cc(OC)ccc3OC)cc2)cc1. The van der Waals surface area contributed by atoms with Crippen LogP contribution in [0.25, 0.3) is 0 Å². The number of hydrogen-bond donors (Lipinski definition) is 2. The first-order valence-electron chi connectivity index (χ1n) is 10.3. The lowest BCUT2D eigenvalue weighted by Gasteiger charge is -2.11. The Kier molecular flexibility index (Phi) is 8.38. The molecule has 0 atom stereocenters. The van der Waals surface area contributed by atoms with Crippen LogP contribution in [0.3, 0.4) is 0 Å². The van der Waals surface area contributed by atoms with E-state index in [1.807, 2.05) is 0 Å². The highest BCUT2D eigenvalue weighted by Gasteiger charge is 2.16. The van der Waals surface area contributed by atoms with Crippen LogP contribution in [0.4, 0.5) is 5.69 Å². The number of amides is 2. The summed E-state index contributed by atoms with van der Waals surface area (Å²) in [7, 11) is 4.46. The smallest absolute Gasteiger partial charge is 0.343 e. The third-order valence-corrected chi connectivity index (χ3v) is 4.66. The minimum Gasteiger partial charge on any atom is -0.497 e. The Balaban J connectivity index is 1.53. The van der Waals surface area contributed by atoms with Gasteiger partial charge in [0.2, 0.25) is 0 Å². The van der Waals surface area contributed by atoms with Crippen molar-refractivity contribution in [2.24, 2.45) is 5.10 Å². The molecule has 0 aliphatic carbocycles. The van der Waals surface area contributed by atoms with E-state index in [0.29, 0.717) is 34.1 Å². The molecule has 180 valence electrons. The van der Waals surface area contributed by atoms with Crippen molar-refractivity contribution in [1.29, 1.82) is 0 Å². The minimum atomic E-state index is -0.976. The van der Waals surface area contributed by atoms with E-state index in [2.05, 4.69) is 15.8 Å². The normalized spacial score (nSPS) is 10.4. The van der Waals surface area contributed by atoms with Crippen LogP contribution in [0.15, 0.2) is 71.8 Å². The van der Waals surface area contributed by atoms with E-state index in [-0.39, 0.29) is 5.69 Å². The standard InChI is InChI=1S/C25H23N3O7/c1-32-18-10-6-17(7-11-18)25(31)35-19-8-4-16(5-9-19)15-26-28-24(30)23(29)27-21-14-20(33-2)12-13-22(21)34-3/h4-15H,1-3H3,(H,27,29)(H,28,30)/b26-15+. The molecule has 0 radical (unpaired) electrons. The van der Waals surface area contributed by atoms with Gasteiger partial charge in [0.25, 0.3) is 0 Å². The van der Waals surface area contributed by atoms with E-state index in [1.165, 1.54) is 33.6 Å². The van der Waals surface area contributed by atoms with Crippen molar-refractivity contribution in [3.63, 3.8) is 0 Å². The summed E-state index contributed by atoms with van der Waals surface area (Å²) in [5.41, 5.74) is 3.40. The molecule has 0 aliphatic heterocycles. The summed E-state index contributed by atoms with van der Waals surface area (Å²) in [5.74, 6) is -0.611. The maximum absolute atomic E-state index is 12.2. The van der Waals surface area contributed by atoms with Gasteiger partial charge in [-0.3, -0.25) is 9.59 Å². The van der Waals surface area contributed by atoms with Crippen molar-refractivity contribution in [2.45, 2.75) is 0 Å². The molecule has 0 fully saturated rings. The van der Waals surface area contributed by atoms with Gasteiger partial charge in [-0.15, -0.1) is 0 Å². The molecule has 0 heterocycles. The number of nitrogens with zero attached hydrogens (tertiary/aromatic N) is 1. The molecule has 35 heavy (non-hydrogen) atoms. The average Bonchev–Trinajstić information content (AvgIpc) is 2.89. The first-order valence-corrected chi connectivity index (χ1v) is 10.3. The summed E-state index contributed by atoms with van der Waals surface area (Å²) in [6, 6.07) is 17.7. The molecule has 0 bridgehead atoms. The maximum atomic E-state index is 12.2. The topological polar surface area (TPSA) is 125 Å². The van der Waals surface area contributed by atoms with Crippen LogP contribution in [0.2, 0.25) is 0 Å². The highest BCUT2D eigenvalue weighted by atomic mass is 16.5. The predicted octanol–water partition coefficient (Wildman–Crippen LogP) is 3.02. The molecule has 0 aromatic heterocycles. The Morgan fingerprint density at radius 1 is 0.743 bits per heavy atom. The second-order valence-corrected chi connectivity index (χ2v) is 6.91. The number of benzene rings is 3. The third-order valence-electron chi connectivity index (χ3n) is 4.66. The lowest BCUT2D eigenvalue weighted by molar-refractivity contribution is -0.136. The van der Waals surface area contributed by atoms with Crippen LogP contribution in [0, 0.1) is 0 Å². The van der Waals surface area contributed by atoms with E-state index in [4.69, 9.17) is 18.9 Å². The van der Waals surface area contributed by atoms with Crippen molar-refractivity contribution in [3.05, 3.63) is 77.9 Å². The number of hydrazone groups is 1. The van der Waals surface area contributed by atoms with Gasteiger partial charge in [0.05, 0.1) is 38.8 Å². The molecule has 0 unspecified atom stereocenters. The van der Waals surface area contributed by atoms with Crippen LogP contribution in [-0.2, 0) is 9.59 Å². The summed E-state index contributed by atoms with van der Waals surface area (Å²) in [4.78, 5) is 36.5. The van der Waals surface area contributed by atoms with Gasteiger partial charge in [0, 0.05) is 6.07 Å². The predicted molar refractivity (Wildman–Crippen MR) is 128 cm³/mol. The third kappa shape index (κ3) is 6.81. The van der Waals surface area contributed by atoms with Gasteiger partial charge in [0.15, 0.2) is 0 Å². The zero-order valence-corrected chi connectivity index (χ0v) is 19.2. The summed E-state index contributed by atoms with van der Waals surface area (Å²) in [6.45, 7) is 0. The fourth-order valence-corrected chi connectivity index (χ4v) is 2.82. The monoisotopic (exact) mass is 477 g/mol. The number of rotatable bonds is 8. The molecular weight excluding hydrogens is 454 g/mol. The van der Waals surface area contributed by atoms with E-state index < -0.39 is 17.8 Å². The molecule has 3 rings (SSSR count). The van der Waals surface area contributed by atoms with Crippen LogP contribution in [0.5, 0.6) is 23.0 Å². The summed E-state index contributed by atoms with van der Waals surface area (Å²) in [5, 5.41) is 6.22. The molecule has 0 saturated heterocycles. The first-order chi connectivity index (χ1) is 16.9. The fraction of sp³-hybridized carbons (Fsp3) is 0.120.